The number of hydrogen-bond donors (Lipinski definition) is 1. The van der Waals surface area contributed by atoms with Gasteiger partial charge in [0, 0.05) is 34.4 Å². The van der Waals surface area contributed by atoms with Crippen LogP contribution in [0.5, 0.6) is 0 Å². The van der Waals surface area contributed by atoms with E-state index in [2.05, 4.69) is 209 Å². The number of rotatable bonds is 12. The number of aromatic nitrogens is 1. The molecule has 5 aromatic rings. The summed E-state index contributed by atoms with van der Waals surface area (Å²) in [6, 6.07) is 39.1. The molecule has 6 rings (SSSR count). The molecule has 2 nitrogen and oxygen atoms in total. The van der Waals surface area contributed by atoms with E-state index in [0.29, 0.717) is 0 Å². The standard InChI is InChI=1S/C50H50N2/c1-7-12-30-47-36(6)52(44-29-20-27-41(34-44)38-22-15-13-16-23-38)49-32-31-42(35-48(47)49)46(11-5)50(45(10-4)39-24-17-14-18-25-39)51-43-28-19-26-40(33-43)37(9-3)21-8-2/h7-9,11-34,42,51H,1,10,35H2,2-6H3/b21-8-,30-12-,37-9+,46-11-,50-45-. The van der Waals surface area contributed by atoms with E-state index in [-0.39, 0.29) is 5.92 Å². The lowest BCUT2D eigenvalue weighted by Gasteiger charge is -2.27. The molecule has 1 heterocycles. The van der Waals surface area contributed by atoms with Crippen LogP contribution in [0.1, 0.15) is 67.8 Å². The first-order valence-corrected chi connectivity index (χ1v) is 18.5. The van der Waals surface area contributed by atoms with Gasteiger partial charge in [-0.2, -0.15) is 0 Å². The lowest BCUT2D eigenvalue weighted by atomic mass is 9.82. The van der Waals surface area contributed by atoms with Gasteiger partial charge in [0.05, 0.1) is 0 Å². The summed E-state index contributed by atoms with van der Waals surface area (Å²) in [7, 11) is 0. The molecule has 1 unspecified atom stereocenters. The Morgan fingerprint density at radius 2 is 1.54 bits per heavy atom. The average molecular weight is 679 g/mol. The molecule has 260 valence electrons. The molecule has 0 fully saturated rings. The zero-order chi connectivity index (χ0) is 36.5. The van der Waals surface area contributed by atoms with E-state index < -0.39 is 0 Å². The predicted octanol–water partition coefficient (Wildman–Crippen LogP) is 13.7. The Balaban J connectivity index is 1.46. The Bertz CT molecular complexity index is 2210. The molecule has 4 aromatic carbocycles. The maximum Gasteiger partial charge on any atom is 0.0494 e. The zero-order valence-electron chi connectivity index (χ0n) is 31.2. The highest BCUT2D eigenvalue weighted by atomic mass is 15.0. The topological polar surface area (TPSA) is 17.0 Å². The van der Waals surface area contributed by atoms with Crippen molar-refractivity contribution in [1.29, 1.82) is 0 Å². The largest absolute Gasteiger partial charge is 0.355 e. The monoisotopic (exact) mass is 678 g/mol. The van der Waals surface area contributed by atoms with Crippen molar-refractivity contribution in [3.63, 3.8) is 0 Å². The minimum Gasteiger partial charge on any atom is -0.355 e. The fourth-order valence-corrected chi connectivity index (χ4v) is 7.55. The molecule has 0 aliphatic heterocycles. The SMILES string of the molecule is C=C/C=C\c1c2c(n(-c3cccc(-c4ccccc4)c3)c1C)C=CC(C(=C/C)/C(Nc1cccc(C(/C=C\C)=C/C)c1)=C(\CC)c1ccccc1)C2. The Labute approximate surface area is 311 Å². The summed E-state index contributed by atoms with van der Waals surface area (Å²) in [6.07, 6.45) is 21.5. The van der Waals surface area contributed by atoms with Crippen molar-refractivity contribution in [3.8, 4) is 16.8 Å². The molecule has 0 bridgehead atoms. The Morgan fingerprint density at radius 3 is 2.23 bits per heavy atom. The fourth-order valence-electron chi connectivity index (χ4n) is 7.55. The van der Waals surface area contributed by atoms with E-state index >= 15 is 0 Å². The third kappa shape index (κ3) is 7.57. The summed E-state index contributed by atoms with van der Waals surface area (Å²) in [4.78, 5) is 0. The minimum atomic E-state index is 0.171. The van der Waals surface area contributed by atoms with Crippen LogP contribution in [0.4, 0.5) is 5.69 Å². The number of fused-ring (bicyclic) bond motifs is 1. The molecular weight excluding hydrogens is 629 g/mol. The van der Waals surface area contributed by atoms with Gasteiger partial charge in [0.25, 0.3) is 0 Å². The van der Waals surface area contributed by atoms with Gasteiger partial charge in [-0.3, -0.25) is 0 Å². The normalized spacial score (nSPS) is 15.2. The molecule has 1 atom stereocenters. The lowest BCUT2D eigenvalue weighted by molar-refractivity contribution is 0.748. The van der Waals surface area contributed by atoms with Crippen LogP contribution in [0.25, 0.3) is 40.1 Å². The van der Waals surface area contributed by atoms with Crippen molar-refractivity contribution in [1.82, 2.24) is 4.57 Å². The van der Waals surface area contributed by atoms with E-state index in [9.17, 15) is 0 Å². The van der Waals surface area contributed by atoms with Crippen LogP contribution in [0.15, 0.2) is 170 Å². The van der Waals surface area contributed by atoms with Crippen LogP contribution in [0.3, 0.4) is 0 Å². The average Bonchev–Trinajstić information content (AvgIpc) is 3.47. The van der Waals surface area contributed by atoms with Crippen molar-refractivity contribution in [3.05, 3.63) is 203 Å². The zero-order valence-corrected chi connectivity index (χ0v) is 31.2. The summed E-state index contributed by atoms with van der Waals surface area (Å²) >= 11 is 0. The van der Waals surface area contributed by atoms with E-state index in [0.717, 1.165) is 18.5 Å². The lowest BCUT2D eigenvalue weighted by Crippen LogP contribution is -2.17. The van der Waals surface area contributed by atoms with Crippen molar-refractivity contribution in [2.45, 2.75) is 47.5 Å². The second kappa shape index (κ2) is 16.9. The van der Waals surface area contributed by atoms with Gasteiger partial charge in [0.15, 0.2) is 0 Å². The van der Waals surface area contributed by atoms with E-state index in [1.165, 1.54) is 72.9 Å². The first-order valence-electron chi connectivity index (χ1n) is 18.5. The van der Waals surface area contributed by atoms with Crippen molar-refractivity contribution in [2.75, 3.05) is 5.32 Å². The predicted molar refractivity (Wildman–Crippen MR) is 227 cm³/mol. The molecule has 1 aliphatic rings. The van der Waals surface area contributed by atoms with Crippen LogP contribution in [0, 0.1) is 12.8 Å². The maximum atomic E-state index is 4.00. The summed E-state index contributed by atoms with van der Waals surface area (Å²) in [5.74, 6) is 0.171. The van der Waals surface area contributed by atoms with E-state index in [1.807, 2.05) is 6.08 Å². The maximum absolute atomic E-state index is 4.00. The van der Waals surface area contributed by atoms with E-state index in [1.54, 1.807) is 0 Å². The van der Waals surface area contributed by atoms with Gasteiger partial charge in [-0.25, -0.2) is 0 Å². The molecule has 1 aliphatic carbocycles. The third-order valence-electron chi connectivity index (χ3n) is 10.0. The molecule has 0 spiro atoms. The molecule has 0 amide bonds. The molecular formula is C50H50N2. The van der Waals surface area contributed by atoms with Gasteiger partial charge in [0.1, 0.15) is 0 Å². The summed E-state index contributed by atoms with van der Waals surface area (Å²) < 4.78 is 2.43. The Kier molecular flexibility index (Phi) is 11.7. The molecule has 0 radical (unpaired) electrons. The number of benzene rings is 4. The highest BCUT2D eigenvalue weighted by Gasteiger charge is 2.28. The highest BCUT2D eigenvalue weighted by Crippen LogP contribution is 2.40. The number of nitrogens with one attached hydrogen (secondary N) is 1. The summed E-state index contributed by atoms with van der Waals surface area (Å²) in [5, 5.41) is 3.97. The molecule has 1 aromatic heterocycles. The van der Waals surface area contributed by atoms with Gasteiger partial charge < -0.3 is 9.88 Å². The molecule has 2 heteroatoms. The van der Waals surface area contributed by atoms with Crippen LogP contribution >= 0.6 is 0 Å². The second-order valence-electron chi connectivity index (χ2n) is 13.1. The first kappa shape index (κ1) is 35.9. The number of anilines is 1. The summed E-state index contributed by atoms with van der Waals surface area (Å²) in [5.41, 5.74) is 17.2. The van der Waals surface area contributed by atoms with Crippen LogP contribution in [-0.2, 0) is 6.42 Å². The van der Waals surface area contributed by atoms with E-state index in [4.69, 9.17) is 0 Å². The number of hydrogen-bond acceptors (Lipinski definition) is 1. The van der Waals surface area contributed by atoms with Crippen molar-refractivity contribution in [2.24, 2.45) is 5.92 Å². The Hall–Kier alpha value is -5.86. The van der Waals surface area contributed by atoms with Gasteiger partial charge in [0.2, 0.25) is 0 Å². The van der Waals surface area contributed by atoms with Crippen LogP contribution in [0.2, 0.25) is 0 Å². The highest BCUT2D eigenvalue weighted by molar-refractivity contribution is 5.80. The van der Waals surface area contributed by atoms with Crippen molar-refractivity contribution < 1.29 is 0 Å². The van der Waals surface area contributed by atoms with Crippen molar-refractivity contribution >= 4 is 29.0 Å². The van der Waals surface area contributed by atoms with Crippen LogP contribution in [-0.4, -0.2) is 4.57 Å². The first-order chi connectivity index (χ1) is 25.5. The van der Waals surface area contributed by atoms with Crippen LogP contribution < -0.4 is 5.32 Å². The van der Waals surface area contributed by atoms with Gasteiger partial charge >= 0.3 is 0 Å². The summed E-state index contributed by atoms with van der Waals surface area (Å²) in [6.45, 7) is 14.9. The number of allylic oxidation sites excluding steroid dienone is 10. The fraction of sp³-hybridized carbons (Fsp3) is 0.160. The molecule has 1 N–H and O–H groups in total. The molecule has 0 saturated heterocycles. The smallest absolute Gasteiger partial charge is 0.0494 e. The van der Waals surface area contributed by atoms with Gasteiger partial charge in [-0.05, 0) is 121 Å². The second-order valence-corrected chi connectivity index (χ2v) is 13.1. The Morgan fingerprint density at radius 1 is 0.827 bits per heavy atom. The third-order valence-corrected chi connectivity index (χ3v) is 10.0. The number of nitrogens with zero attached hydrogens (tertiary/aromatic N) is 1. The molecule has 0 saturated carbocycles. The van der Waals surface area contributed by atoms with Gasteiger partial charge in [-0.15, -0.1) is 0 Å². The minimum absolute atomic E-state index is 0.171. The molecule has 52 heavy (non-hydrogen) atoms. The van der Waals surface area contributed by atoms with Gasteiger partial charge in [-0.1, -0.05) is 147 Å². The quantitative estimate of drug-likeness (QED) is 0.130.